The van der Waals surface area contributed by atoms with Gasteiger partial charge in [-0.2, -0.15) is 0 Å². The summed E-state index contributed by atoms with van der Waals surface area (Å²) in [7, 11) is 0. The monoisotopic (exact) mass is 277 g/mol. The van der Waals surface area contributed by atoms with Crippen LogP contribution in [0.3, 0.4) is 0 Å². The van der Waals surface area contributed by atoms with E-state index in [1.807, 2.05) is 18.2 Å². The summed E-state index contributed by atoms with van der Waals surface area (Å²) in [5.41, 5.74) is 4.81. The van der Waals surface area contributed by atoms with Crippen LogP contribution in [0.25, 0.3) is 27.5 Å². The fourth-order valence-corrected chi connectivity index (χ4v) is 2.90. The highest BCUT2D eigenvalue weighted by atomic mass is 35.5. The van der Waals surface area contributed by atoms with E-state index in [9.17, 15) is 0 Å². The lowest BCUT2D eigenvalue weighted by Crippen LogP contribution is -1.90. The molecule has 20 heavy (non-hydrogen) atoms. The molecule has 0 spiro atoms. The van der Waals surface area contributed by atoms with Crippen molar-refractivity contribution in [3.63, 3.8) is 0 Å². The van der Waals surface area contributed by atoms with Crippen molar-refractivity contribution in [1.29, 1.82) is 0 Å². The number of hydrogen-bond acceptors (Lipinski definition) is 0. The SMILES string of the molecule is Clc1ccc2cc(-c3ccccc3)c3cccn3c2c1. The van der Waals surface area contributed by atoms with Crippen LogP contribution in [0.2, 0.25) is 5.02 Å². The van der Waals surface area contributed by atoms with Crippen LogP contribution in [0.4, 0.5) is 0 Å². The van der Waals surface area contributed by atoms with Crippen LogP contribution >= 0.6 is 11.6 Å². The second kappa shape index (κ2) is 4.39. The van der Waals surface area contributed by atoms with Gasteiger partial charge in [0.2, 0.25) is 0 Å². The van der Waals surface area contributed by atoms with Gasteiger partial charge < -0.3 is 4.40 Å². The van der Waals surface area contributed by atoms with Crippen LogP contribution in [0.1, 0.15) is 0 Å². The second-order valence-electron chi connectivity index (χ2n) is 4.89. The predicted octanol–water partition coefficient (Wildman–Crippen LogP) is 5.41. The zero-order valence-electron chi connectivity index (χ0n) is 10.8. The predicted molar refractivity (Wildman–Crippen MR) is 85.3 cm³/mol. The molecule has 0 fully saturated rings. The van der Waals surface area contributed by atoms with Gasteiger partial charge in [-0.05, 0) is 41.3 Å². The van der Waals surface area contributed by atoms with E-state index in [2.05, 4.69) is 59.1 Å². The Morgan fingerprint density at radius 2 is 1.60 bits per heavy atom. The van der Waals surface area contributed by atoms with Crippen LogP contribution in [-0.2, 0) is 0 Å². The van der Waals surface area contributed by atoms with Gasteiger partial charge in [-0.3, -0.25) is 0 Å². The minimum absolute atomic E-state index is 0.764. The van der Waals surface area contributed by atoms with Crippen LogP contribution < -0.4 is 0 Å². The molecule has 0 saturated heterocycles. The van der Waals surface area contributed by atoms with Gasteiger partial charge in [-0.1, -0.05) is 48.0 Å². The molecular formula is C18H12ClN. The number of rotatable bonds is 1. The Hall–Kier alpha value is -2.25. The maximum atomic E-state index is 6.13. The minimum atomic E-state index is 0.764. The molecule has 1 nitrogen and oxygen atoms in total. The molecule has 0 amide bonds. The average molecular weight is 278 g/mol. The maximum absolute atomic E-state index is 6.13. The topological polar surface area (TPSA) is 4.41 Å². The summed E-state index contributed by atoms with van der Waals surface area (Å²) in [5.74, 6) is 0. The summed E-state index contributed by atoms with van der Waals surface area (Å²) >= 11 is 6.13. The first-order valence-corrected chi connectivity index (χ1v) is 6.95. The fourth-order valence-electron chi connectivity index (χ4n) is 2.74. The highest BCUT2D eigenvalue weighted by Crippen LogP contribution is 2.31. The second-order valence-corrected chi connectivity index (χ2v) is 5.33. The third-order valence-electron chi connectivity index (χ3n) is 3.66. The van der Waals surface area contributed by atoms with Gasteiger partial charge >= 0.3 is 0 Å². The van der Waals surface area contributed by atoms with Crippen molar-refractivity contribution < 1.29 is 0 Å². The first-order chi connectivity index (χ1) is 9.83. The van der Waals surface area contributed by atoms with Gasteiger partial charge in [0.05, 0.1) is 11.0 Å². The first kappa shape index (κ1) is 11.6. The van der Waals surface area contributed by atoms with Gasteiger partial charge in [0.15, 0.2) is 0 Å². The summed E-state index contributed by atoms with van der Waals surface area (Å²) in [6.45, 7) is 0. The quantitative estimate of drug-likeness (QED) is 0.438. The molecule has 2 heterocycles. The number of pyridine rings is 1. The summed E-state index contributed by atoms with van der Waals surface area (Å²) < 4.78 is 2.20. The molecule has 0 radical (unpaired) electrons. The van der Waals surface area contributed by atoms with E-state index < -0.39 is 0 Å². The lowest BCUT2D eigenvalue weighted by Gasteiger charge is -2.10. The van der Waals surface area contributed by atoms with Crippen molar-refractivity contribution in [3.8, 4) is 11.1 Å². The van der Waals surface area contributed by atoms with Crippen molar-refractivity contribution in [2.24, 2.45) is 0 Å². The van der Waals surface area contributed by atoms with Crippen LogP contribution in [0, 0.1) is 0 Å². The van der Waals surface area contributed by atoms with Crippen LogP contribution in [0.15, 0.2) is 72.9 Å². The standard InChI is InChI=1S/C18H12ClN/c19-15-9-8-14-11-16(13-5-2-1-3-6-13)17-7-4-10-20(17)18(14)12-15/h1-12H. The Morgan fingerprint density at radius 3 is 2.45 bits per heavy atom. The Kier molecular flexibility index (Phi) is 2.54. The molecule has 0 bridgehead atoms. The summed E-state index contributed by atoms with van der Waals surface area (Å²) in [4.78, 5) is 0. The lowest BCUT2D eigenvalue weighted by molar-refractivity contribution is 1.27. The largest absolute Gasteiger partial charge is 0.316 e. The Labute approximate surface area is 122 Å². The van der Waals surface area contributed by atoms with Gasteiger partial charge in [0.1, 0.15) is 0 Å². The van der Waals surface area contributed by atoms with Gasteiger partial charge in [-0.25, -0.2) is 0 Å². The Balaban J connectivity index is 2.15. The third kappa shape index (κ3) is 1.71. The van der Waals surface area contributed by atoms with Gasteiger partial charge in [-0.15, -0.1) is 0 Å². The molecule has 2 heteroatoms. The number of benzene rings is 2. The molecule has 96 valence electrons. The summed E-state index contributed by atoms with van der Waals surface area (Å²) in [6, 6.07) is 22.9. The molecular weight excluding hydrogens is 266 g/mol. The van der Waals surface area contributed by atoms with E-state index in [1.54, 1.807) is 0 Å². The molecule has 2 aromatic heterocycles. The third-order valence-corrected chi connectivity index (χ3v) is 3.90. The van der Waals surface area contributed by atoms with Crippen LogP contribution in [-0.4, -0.2) is 4.40 Å². The smallest absolute Gasteiger partial charge is 0.0543 e. The minimum Gasteiger partial charge on any atom is -0.316 e. The number of nitrogens with zero attached hydrogens (tertiary/aromatic N) is 1. The molecule has 4 aromatic rings. The molecule has 2 aromatic carbocycles. The van der Waals surface area contributed by atoms with Crippen molar-refractivity contribution in [1.82, 2.24) is 4.40 Å². The summed E-state index contributed by atoms with van der Waals surface area (Å²) in [6.07, 6.45) is 2.08. The van der Waals surface area contributed by atoms with Gasteiger partial charge in [0, 0.05) is 16.8 Å². The molecule has 0 N–H and O–H groups in total. The molecule has 0 aliphatic rings. The van der Waals surface area contributed by atoms with Crippen molar-refractivity contribution in [2.45, 2.75) is 0 Å². The maximum Gasteiger partial charge on any atom is 0.0543 e. The van der Waals surface area contributed by atoms with E-state index in [0.717, 1.165) is 10.5 Å². The number of hydrogen-bond donors (Lipinski definition) is 0. The van der Waals surface area contributed by atoms with Gasteiger partial charge in [0.25, 0.3) is 0 Å². The normalized spacial score (nSPS) is 11.2. The van der Waals surface area contributed by atoms with Crippen molar-refractivity contribution in [3.05, 3.63) is 77.9 Å². The molecule has 0 atom stereocenters. The zero-order chi connectivity index (χ0) is 13.5. The highest BCUT2D eigenvalue weighted by Gasteiger charge is 2.08. The Morgan fingerprint density at radius 1 is 0.750 bits per heavy atom. The van der Waals surface area contributed by atoms with E-state index in [1.165, 1.54) is 22.0 Å². The molecule has 0 aliphatic carbocycles. The lowest BCUT2D eigenvalue weighted by atomic mass is 10.0. The number of aromatic nitrogens is 1. The van der Waals surface area contributed by atoms with E-state index in [4.69, 9.17) is 11.6 Å². The number of halogens is 1. The zero-order valence-corrected chi connectivity index (χ0v) is 11.5. The first-order valence-electron chi connectivity index (χ1n) is 6.58. The molecule has 0 unspecified atom stereocenters. The van der Waals surface area contributed by atoms with Crippen molar-refractivity contribution >= 4 is 28.0 Å². The molecule has 0 saturated carbocycles. The number of fused-ring (bicyclic) bond motifs is 3. The molecule has 4 rings (SSSR count). The fraction of sp³-hybridized carbons (Fsp3) is 0. The van der Waals surface area contributed by atoms with Crippen LogP contribution in [0.5, 0.6) is 0 Å². The van der Waals surface area contributed by atoms with Crippen molar-refractivity contribution in [2.75, 3.05) is 0 Å². The van der Waals surface area contributed by atoms with E-state index in [-0.39, 0.29) is 0 Å². The summed E-state index contributed by atoms with van der Waals surface area (Å²) in [5, 5.41) is 1.96. The highest BCUT2D eigenvalue weighted by molar-refractivity contribution is 6.31. The average Bonchev–Trinajstić information content (AvgIpc) is 2.97. The van der Waals surface area contributed by atoms with E-state index in [0.29, 0.717) is 0 Å². The molecule has 0 aliphatic heterocycles. The Bertz CT molecular complexity index is 907. The van der Waals surface area contributed by atoms with E-state index >= 15 is 0 Å².